The van der Waals surface area contributed by atoms with E-state index in [4.69, 9.17) is 25.5 Å². The van der Waals surface area contributed by atoms with E-state index in [-0.39, 0.29) is 35.2 Å². The SMILES string of the molecule is Cc1c(Cc2ccccc2)c(=O)oc2cc(OC(=O)C3CCC(CNC(=O)OCc4ccccc4)CC3)c(Cl)cc12. The molecule has 1 heterocycles. The van der Waals surface area contributed by atoms with Gasteiger partial charge in [-0.05, 0) is 61.3 Å². The number of nitrogens with one attached hydrogen (secondary N) is 1. The van der Waals surface area contributed by atoms with E-state index in [1.807, 2.05) is 67.6 Å². The highest BCUT2D eigenvalue weighted by Crippen LogP contribution is 2.35. The van der Waals surface area contributed by atoms with E-state index in [1.165, 1.54) is 6.07 Å². The first-order valence-electron chi connectivity index (χ1n) is 13.8. The molecule has 3 aromatic carbocycles. The van der Waals surface area contributed by atoms with Crippen LogP contribution in [0.4, 0.5) is 4.79 Å². The Morgan fingerprint density at radius 2 is 1.61 bits per heavy atom. The van der Waals surface area contributed by atoms with Crippen molar-refractivity contribution < 1.29 is 23.5 Å². The summed E-state index contributed by atoms with van der Waals surface area (Å²) in [4.78, 5) is 37.8. The first-order chi connectivity index (χ1) is 19.9. The molecule has 1 fully saturated rings. The predicted molar refractivity (Wildman–Crippen MR) is 157 cm³/mol. The number of ether oxygens (including phenoxy) is 2. The standard InChI is InChI=1S/C33H32ClNO6/c1-21-26-17-28(34)30(18-29(26)40-32(37)27(21)16-22-8-4-2-5-9-22)41-31(36)25-14-12-23(13-15-25)19-35-33(38)39-20-24-10-6-3-7-11-24/h2-11,17-18,23,25H,12-16,19-20H2,1H3,(H,35,38). The zero-order valence-electron chi connectivity index (χ0n) is 22.9. The van der Waals surface area contributed by atoms with Gasteiger partial charge in [0.25, 0.3) is 0 Å². The molecule has 1 aliphatic rings. The van der Waals surface area contributed by atoms with Gasteiger partial charge in [0.05, 0.1) is 10.9 Å². The van der Waals surface area contributed by atoms with Gasteiger partial charge in [-0.2, -0.15) is 0 Å². The molecule has 1 amide bonds. The number of halogens is 1. The van der Waals surface area contributed by atoms with E-state index < -0.39 is 11.7 Å². The normalized spacial score (nSPS) is 16.7. The summed E-state index contributed by atoms with van der Waals surface area (Å²) in [6, 6.07) is 22.4. The number of aryl methyl sites for hydroxylation is 1. The van der Waals surface area contributed by atoms with E-state index in [2.05, 4.69) is 5.32 Å². The third-order valence-electron chi connectivity index (χ3n) is 7.70. The van der Waals surface area contributed by atoms with Gasteiger partial charge in [0.2, 0.25) is 0 Å². The summed E-state index contributed by atoms with van der Waals surface area (Å²) in [5.74, 6) is -0.202. The number of hydrogen-bond acceptors (Lipinski definition) is 6. The molecule has 8 heteroatoms. The monoisotopic (exact) mass is 573 g/mol. The van der Waals surface area contributed by atoms with Gasteiger partial charge >= 0.3 is 17.7 Å². The molecule has 0 atom stereocenters. The summed E-state index contributed by atoms with van der Waals surface area (Å²) < 4.78 is 16.6. The number of alkyl carbamates (subject to hydrolysis) is 1. The summed E-state index contributed by atoms with van der Waals surface area (Å²) in [5.41, 5.74) is 3.20. The highest BCUT2D eigenvalue weighted by atomic mass is 35.5. The van der Waals surface area contributed by atoms with E-state index in [1.54, 1.807) is 6.07 Å². The number of carbonyl (C=O) groups is 2. The first-order valence-corrected chi connectivity index (χ1v) is 14.2. The molecule has 0 unspecified atom stereocenters. The fourth-order valence-corrected chi connectivity index (χ4v) is 5.47. The number of fused-ring (bicyclic) bond motifs is 1. The highest BCUT2D eigenvalue weighted by molar-refractivity contribution is 6.33. The quantitative estimate of drug-likeness (QED) is 0.139. The van der Waals surface area contributed by atoms with E-state index in [9.17, 15) is 14.4 Å². The van der Waals surface area contributed by atoms with Crippen LogP contribution in [0.3, 0.4) is 0 Å². The van der Waals surface area contributed by atoms with Crippen molar-refractivity contribution in [3.63, 3.8) is 0 Å². The van der Waals surface area contributed by atoms with Crippen molar-refractivity contribution in [1.82, 2.24) is 5.32 Å². The molecule has 0 spiro atoms. The molecule has 4 aromatic rings. The van der Waals surface area contributed by atoms with Crippen LogP contribution in [-0.4, -0.2) is 18.6 Å². The van der Waals surface area contributed by atoms with Gasteiger partial charge in [-0.3, -0.25) is 4.79 Å². The maximum atomic E-state index is 13.0. The van der Waals surface area contributed by atoms with E-state index in [0.717, 1.165) is 29.5 Å². The number of amides is 1. The molecule has 0 bridgehead atoms. The van der Waals surface area contributed by atoms with E-state index in [0.29, 0.717) is 42.3 Å². The summed E-state index contributed by atoms with van der Waals surface area (Å²) in [6.07, 6.45) is 2.85. The summed E-state index contributed by atoms with van der Waals surface area (Å²) in [6.45, 7) is 2.59. The van der Waals surface area contributed by atoms with Crippen molar-refractivity contribution in [3.8, 4) is 5.75 Å². The number of benzene rings is 3. The molecule has 1 saturated carbocycles. The van der Waals surface area contributed by atoms with Crippen LogP contribution in [-0.2, 0) is 22.6 Å². The maximum absolute atomic E-state index is 13.0. The first kappa shape index (κ1) is 28.4. The third kappa shape index (κ3) is 7.16. The Kier molecular flexibility index (Phi) is 9.04. The van der Waals surface area contributed by atoms with Crippen molar-refractivity contribution in [3.05, 3.63) is 110 Å². The second-order valence-electron chi connectivity index (χ2n) is 10.5. The van der Waals surface area contributed by atoms with Gasteiger partial charge in [0, 0.05) is 30.0 Å². The van der Waals surface area contributed by atoms with Crippen LogP contribution >= 0.6 is 11.6 Å². The second-order valence-corrected chi connectivity index (χ2v) is 10.9. The minimum absolute atomic E-state index is 0.174. The van der Waals surface area contributed by atoms with Crippen LogP contribution in [0.15, 0.2) is 82.0 Å². The molecule has 1 aromatic heterocycles. The molecule has 0 radical (unpaired) electrons. The molecule has 1 aliphatic carbocycles. The van der Waals surface area contributed by atoms with Crippen molar-refractivity contribution in [2.24, 2.45) is 11.8 Å². The number of hydrogen-bond donors (Lipinski definition) is 1. The van der Waals surface area contributed by atoms with Crippen LogP contribution in [0, 0.1) is 18.8 Å². The van der Waals surface area contributed by atoms with Crippen LogP contribution in [0.2, 0.25) is 5.02 Å². The molecule has 1 N–H and O–H groups in total. The lowest BCUT2D eigenvalue weighted by molar-refractivity contribution is -0.140. The zero-order chi connectivity index (χ0) is 28.8. The van der Waals surface area contributed by atoms with Gasteiger partial charge in [0.15, 0.2) is 5.75 Å². The largest absolute Gasteiger partial charge is 0.445 e. The number of esters is 1. The average Bonchev–Trinajstić information content (AvgIpc) is 2.99. The zero-order valence-corrected chi connectivity index (χ0v) is 23.6. The minimum Gasteiger partial charge on any atom is -0.445 e. The fraction of sp³-hybridized carbons (Fsp3) is 0.303. The molecular formula is C33H32ClNO6. The minimum atomic E-state index is -0.449. The lowest BCUT2D eigenvalue weighted by atomic mass is 9.82. The van der Waals surface area contributed by atoms with Crippen LogP contribution < -0.4 is 15.7 Å². The van der Waals surface area contributed by atoms with Crippen molar-refractivity contribution >= 4 is 34.6 Å². The van der Waals surface area contributed by atoms with Gasteiger partial charge < -0.3 is 19.2 Å². The Hall–Kier alpha value is -4.10. The van der Waals surface area contributed by atoms with Crippen LogP contribution in [0.25, 0.3) is 11.0 Å². The summed E-state index contributed by atoms with van der Waals surface area (Å²) in [5, 5.41) is 3.81. The average molecular weight is 574 g/mol. The van der Waals surface area contributed by atoms with E-state index >= 15 is 0 Å². The molecule has 0 aliphatic heterocycles. The summed E-state index contributed by atoms with van der Waals surface area (Å²) >= 11 is 6.52. The Labute approximate surface area is 243 Å². The molecule has 7 nitrogen and oxygen atoms in total. The molecule has 5 rings (SSSR count). The molecule has 212 valence electrons. The number of carbonyl (C=O) groups excluding carboxylic acids is 2. The lowest BCUT2D eigenvalue weighted by Gasteiger charge is -2.27. The van der Waals surface area contributed by atoms with Crippen molar-refractivity contribution in [2.75, 3.05) is 6.54 Å². The van der Waals surface area contributed by atoms with Gasteiger partial charge in [-0.15, -0.1) is 0 Å². The van der Waals surface area contributed by atoms with Gasteiger partial charge in [-0.1, -0.05) is 72.3 Å². The van der Waals surface area contributed by atoms with Gasteiger partial charge in [0.1, 0.15) is 12.2 Å². The number of rotatable bonds is 8. The highest BCUT2D eigenvalue weighted by Gasteiger charge is 2.29. The molecule has 41 heavy (non-hydrogen) atoms. The fourth-order valence-electron chi connectivity index (χ4n) is 5.27. The molecule has 0 saturated heterocycles. The lowest BCUT2D eigenvalue weighted by Crippen LogP contribution is -2.33. The Bertz CT molecular complexity index is 1580. The van der Waals surface area contributed by atoms with Crippen LogP contribution in [0.5, 0.6) is 5.75 Å². The van der Waals surface area contributed by atoms with Crippen molar-refractivity contribution in [1.29, 1.82) is 0 Å². The molecular weight excluding hydrogens is 542 g/mol. The summed E-state index contributed by atoms with van der Waals surface area (Å²) in [7, 11) is 0. The topological polar surface area (TPSA) is 94.8 Å². The van der Waals surface area contributed by atoms with Crippen LogP contribution in [0.1, 0.15) is 47.9 Å². The van der Waals surface area contributed by atoms with Crippen molar-refractivity contribution in [2.45, 2.75) is 45.6 Å². The Balaban J connectivity index is 1.15. The maximum Gasteiger partial charge on any atom is 0.407 e. The smallest absolute Gasteiger partial charge is 0.407 e. The van der Waals surface area contributed by atoms with Gasteiger partial charge in [-0.25, -0.2) is 9.59 Å². The predicted octanol–water partition coefficient (Wildman–Crippen LogP) is 6.98. The third-order valence-corrected chi connectivity index (χ3v) is 8.00. The Morgan fingerprint density at radius 3 is 2.29 bits per heavy atom. The Morgan fingerprint density at radius 1 is 0.951 bits per heavy atom. The second kappa shape index (κ2) is 13.0.